The average molecular weight is 683 g/mol. The summed E-state index contributed by atoms with van der Waals surface area (Å²) in [7, 11) is 0. The van der Waals surface area contributed by atoms with Crippen LogP contribution in [-0.4, -0.2) is 34.4 Å². The van der Waals surface area contributed by atoms with Gasteiger partial charge in [0, 0.05) is 13.1 Å². The third kappa shape index (κ3) is 10.1. The Morgan fingerprint density at radius 3 is 1.21 bits per heavy atom. The third-order valence-corrected chi connectivity index (χ3v) is 14.3. The highest BCUT2D eigenvalue weighted by Crippen LogP contribution is 2.68. The Kier molecular flexibility index (Phi) is 16.1. The first kappa shape index (κ1) is 38.4. The zero-order valence-electron chi connectivity index (χ0n) is 30.5. The van der Waals surface area contributed by atoms with E-state index in [0.717, 1.165) is 55.0 Å². The molecule has 4 aliphatic rings. The lowest BCUT2D eigenvalue weighted by Gasteiger charge is -2.47. The summed E-state index contributed by atoms with van der Waals surface area (Å²) in [6, 6.07) is 0. The van der Waals surface area contributed by atoms with Gasteiger partial charge in [0.05, 0.1) is 19.3 Å². The molecular formula is C41H66N2O2S2. The number of amides is 2. The van der Waals surface area contributed by atoms with Crippen LogP contribution in [0.25, 0.3) is 0 Å². The second-order valence-electron chi connectivity index (χ2n) is 14.8. The van der Waals surface area contributed by atoms with Crippen molar-refractivity contribution in [2.24, 2.45) is 0 Å². The fraction of sp³-hybridized carbons (Fsp3) is 0.756. The number of unbranched alkanes of at least 4 members (excludes halogenated alkanes) is 18. The van der Waals surface area contributed by atoms with Gasteiger partial charge in [0.15, 0.2) is 0 Å². The van der Waals surface area contributed by atoms with Crippen molar-refractivity contribution in [2.45, 2.75) is 185 Å². The molecule has 4 rings (SSSR count). The van der Waals surface area contributed by atoms with Crippen molar-refractivity contribution < 1.29 is 9.59 Å². The minimum Gasteiger partial charge on any atom is -0.352 e. The van der Waals surface area contributed by atoms with Gasteiger partial charge in [-0.05, 0) is 80.4 Å². The Balaban J connectivity index is 1.22. The lowest BCUT2D eigenvalue weighted by atomic mass is 9.72. The minimum absolute atomic E-state index is 0.0739. The van der Waals surface area contributed by atoms with Crippen molar-refractivity contribution in [2.75, 3.05) is 13.1 Å². The van der Waals surface area contributed by atoms with Crippen LogP contribution in [0.15, 0.2) is 44.3 Å². The fourth-order valence-corrected chi connectivity index (χ4v) is 11.0. The minimum atomic E-state index is -0.269. The number of rotatable bonds is 24. The molecule has 1 fully saturated rings. The maximum atomic E-state index is 13.4. The quantitative estimate of drug-likeness (QED) is 0.0995. The fourth-order valence-electron chi connectivity index (χ4n) is 7.97. The zero-order valence-corrected chi connectivity index (χ0v) is 32.1. The smallest absolute Gasteiger partial charge is 0.257 e. The first-order valence-electron chi connectivity index (χ1n) is 19.7. The molecule has 2 aliphatic heterocycles. The van der Waals surface area contributed by atoms with Crippen LogP contribution in [0.1, 0.15) is 175 Å². The van der Waals surface area contributed by atoms with Gasteiger partial charge in [0.1, 0.15) is 0 Å². The molecule has 2 N–H and O–H groups in total. The van der Waals surface area contributed by atoms with Gasteiger partial charge < -0.3 is 10.6 Å². The second-order valence-corrected chi connectivity index (χ2v) is 17.7. The van der Waals surface area contributed by atoms with E-state index in [1.165, 1.54) is 138 Å². The van der Waals surface area contributed by atoms with E-state index >= 15 is 0 Å². The number of nitrogens with one attached hydrogen (secondary N) is 2. The van der Waals surface area contributed by atoms with Crippen molar-refractivity contribution in [3.63, 3.8) is 0 Å². The molecule has 0 aromatic rings. The summed E-state index contributed by atoms with van der Waals surface area (Å²) in [6.07, 6.45) is 33.7. The molecule has 0 bridgehead atoms. The molecule has 0 saturated heterocycles. The van der Waals surface area contributed by atoms with Crippen LogP contribution in [0.2, 0.25) is 0 Å². The predicted molar refractivity (Wildman–Crippen MR) is 206 cm³/mol. The van der Waals surface area contributed by atoms with E-state index in [4.69, 9.17) is 0 Å². The predicted octanol–water partition coefficient (Wildman–Crippen LogP) is 11.6. The molecule has 2 amide bonds. The first-order chi connectivity index (χ1) is 22.9. The molecule has 47 heavy (non-hydrogen) atoms. The van der Waals surface area contributed by atoms with Gasteiger partial charge in [0.2, 0.25) is 0 Å². The molecule has 264 valence electrons. The van der Waals surface area contributed by atoms with Crippen molar-refractivity contribution in [3.8, 4) is 0 Å². The van der Waals surface area contributed by atoms with E-state index in [1.807, 2.05) is 0 Å². The topological polar surface area (TPSA) is 58.2 Å². The van der Waals surface area contributed by atoms with Crippen LogP contribution in [-0.2, 0) is 9.59 Å². The molecule has 4 nitrogen and oxygen atoms in total. The SMILES string of the molecule is CCCCCCCCCCCCNC(=O)C1=CC2=C3CCCC3=C3C=C(C(=O)NCCCCCCCCCCCC)S[C@@]3(C)[C@]2(C)S1. The number of thioether (sulfide) groups is 2. The number of hydrogen-bond acceptors (Lipinski definition) is 4. The number of allylic oxidation sites excluding steroid dienone is 4. The number of hydrogen-bond donors (Lipinski definition) is 2. The number of fused-ring (bicyclic) bond motifs is 4. The van der Waals surface area contributed by atoms with E-state index in [2.05, 4.69) is 50.5 Å². The largest absolute Gasteiger partial charge is 0.352 e. The summed E-state index contributed by atoms with van der Waals surface area (Å²) in [5.74, 6) is 0.148. The Labute approximate surface area is 296 Å². The van der Waals surface area contributed by atoms with E-state index in [9.17, 15) is 9.59 Å². The molecule has 1 saturated carbocycles. The van der Waals surface area contributed by atoms with Crippen LogP contribution in [0.5, 0.6) is 0 Å². The molecule has 0 unspecified atom stereocenters. The molecule has 2 aliphatic carbocycles. The van der Waals surface area contributed by atoms with Gasteiger partial charge in [-0.3, -0.25) is 9.59 Å². The van der Waals surface area contributed by atoms with Gasteiger partial charge in [-0.15, -0.1) is 23.5 Å². The molecule has 0 spiro atoms. The van der Waals surface area contributed by atoms with E-state index in [1.54, 1.807) is 23.5 Å². The van der Waals surface area contributed by atoms with Gasteiger partial charge in [-0.25, -0.2) is 0 Å². The summed E-state index contributed by atoms with van der Waals surface area (Å²) in [5.41, 5.74) is 5.54. The van der Waals surface area contributed by atoms with Crippen LogP contribution >= 0.6 is 23.5 Å². The van der Waals surface area contributed by atoms with Crippen molar-refractivity contribution in [1.29, 1.82) is 0 Å². The Hall–Kier alpha value is -1.40. The average Bonchev–Trinajstić information content (AvgIpc) is 3.78. The molecule has 2 heterocycles. The highest BCUT2D eigenvalue weighted by molar-refractivity contribution is 8.10. The molecular weight excluding hydrogens is 617 g/mol. The van der Waals surface area contributed by atoms with Gasteiger partial charge in [0.25, 0.3) is 11.8 Å². The van der Waals surface area contributed by atoms with Crippen LogP contribution in [0.3, 0.4) is 0 Å². The highest BCUT2D eigenvalue weighted by atomic mass is 32.2. The molecule has 0 radical (unpaired) electrons. The maximum Gasteiger partial charge on any atom is 0.257 e. The lowest BCUT2D eigenvalue weighted by molar-refractivity contribution is -0.117. The Bertz CT molecular complexity index is 1090. The van der Waals surface area contributed by atoms with E-state index in [0.29, 0.717) is 0 Å². The Morgan fingerprint density at radius 2 is 0.872 bits per heavy atom. The summed E-state index contributed by atoms with van der Waals surface area (Å²) < 4.78 is -0.538. The molecule has 0 aromatic carbocycles. The monoisotopic (exact) mass is 682 g/mol. The normalized spacial score (nSPS) is 23.1. The van der Waals surface area contributed by atoms with Crippen LogP contribution < -0.4 is 10.6 Å². The highest BCUT2D eigenvalue weighted by Gasteiger charge is 2.60. The zero-order chi connectivity index (χ0) is 33.5. The van der Waals surface area contributed by atoms with Crippen molar-refractivity contribution >= 4 is 35.3 Å². The summed E-state index contributed by atoms with van der Waals surface area (Å²) in [5, 5.41) is 6.48. The van der Waals surface area contributed by atoms with Gasteiger partial charge in [-0.2, -0.15) is 0 Å². The van der Waals surface area contributed by atoms with E-state index in [-0.39, 0.29) is 21.3 Å². The summed E-state index contributed by atoms with van der Waals surface area (Å²) in [6.45, 7) is 10.7. The summed E-state index contributed by atoms with van der Waals surface area (Å²) >= 11 is 3.47. The second kappa shape index (κ2) is 19.7. The number of carbonyl (C=O) groups excluding carboxylic acids is 2. The molecule has 0 aromatic heterocycles. The van der Waals surface area contributed by atoms with Crippen LogP contribution in [0.4, 0.5) is 0 Å². The lowest BCUT2D eigenvalue weighted by Crippen LogP contribution is -2.47. The van der Waals surface area contributed by atoms with Crippen LogP contribution in [0, 0.1) is 0 Å². The third-order valence-electron chi connectivity index (χ3n) is 11.1. The Morgan fingerprint density at radius 1 is 0.553 bits per heavy atom. The van der Waals surface area contributed by atoms with Gasteiger partial charge in [-0.1, -0.05) is 129 Å². The van der Waals surface area contributed by atoms with E-state index < -0.39 is 0 Å². The summed E-state index contributed by atoms with van der Waals surface area (Å²) in [4.78, 5) is 28.5. The molecule has 6 heteroatoms. The van der Waals surface area contributed by atoms with Crippen molar-refractivity contribution in [1.82, 2.24) is 10.6 Å². The number of carbonyl (C=O) groups is 2. The molecule has 2 atom stereocenters. The van der Waals surface area contributed by atoms with Gasteiger partial charge >= 0.3 is 0 Å². The van der Waals surface area contributed by atoms with Crippen molar-refractivity contribution in [3.05, 3.63) is 44.3 Å². The standard InChI is InChI=1S/C41H66N2O2S2/c1-5-7-9-11-13-15-17-19-21-23-28-42-38(44)36-30-34-32-26-25-27-33(32)35-31-37(47-41(35,4)40(34,3)46-36)39(45)43-29-24-22-20-18-16-14-12-10-8-6-2/h30-31H,5-29H2,1-4H3,(H,42,44)(H,43,45)/t40-,41-/m1/s1. The first-order valence-corrected chi connectivity index (χ1v) is 21.3. The maximum absolute atomic E-state index is 13.4.